The molecule has 1 fully saturated rings. The lowest BCUT2D eigenvalue weighted by Crippen LogP contribution is -2.51. The van der Waals surface area contributed by atoms with Crippen molar-refractivity contribution in [3.05, 3.63) is 39.6 Å². The summed E-state index contributed by atoms with van der Waals surface area (Å²) in [6, 6.07) is 3.85. The number of piperazine rings is 1. The number of amides is 2. The molecule has 0 bridgehead atoms. The summed E-state index contributed by atoms with van der Waals surface area (Å²) in [6.45, 7) is 1.16. The highest BCUT2D eigenvalue weighted by Gasteiger charge is 2.36. The number of carbonyl (C=O) groups is 1. The van der Waals surface area contributed by atoms with Crippen LogP contribution in [-0.2, 0) is 12.7 Å². The Morgan fingerprint density at radius 1 is 1.22 bits per heavy atom. The van der Waals surface area contributed by atoms with E-state index >= 15 is 0 Å². The Bertz CT molecular complexity index is 803. The number of benzene rings is 1. The van der Waals surface area contributed by atoms with Crippen LogP contribution in [0, 0.1) is 5.82 Å². The van der Waals surface area contributed by atoms with Crippen LogP contribution in [0.4, 0.5) is 27.5 Å². The molecule has 0 atom stereocenters. The molecule has 2 heterocycles. The first kappa shape index (κ1) is 19.6. The molecule has 0 radical (unpaired) electrons. The van der Waals surface area contributed by atoms with E-state index in [4.69, 9.17) is 11.6 Å². The van der Waals surface area contributed by atoms with Crippen molar-refractivity contribution < 1.29 is 22.4 Å². The maximum absolute atomic E-state index is 13.7. The van der Waals surface area contributed by atoms with Crippen LogP contribution in [-0.4, -0.2) is 47.3 Å². The Labute approximate surface area is 160 Å². The second kappa shape index (κ2) is 7.85. The van der Waals surface area contributed by atoms with Gasteiger partial charge >= 0.3 is 12.2 Å². The van der Waals surface area contributed by atoms with Gasteiger partial charge in [-0.1, -0.05) is 29.0 Å². The molecule has 0 aliphatic carbocycles. The molecule has 6 nitrogen and oxygen atoms in total. The summed E-state index contributed by atoms with van der Waals surface area (Å²) < 4.78 is 51.6. The number of urea groups is 1. The van der Waals surface area contributed by atoms with Crippen LogP contribution in [0.25, 0.3) is 0 Å². The van der Waals surface area contributed by atoms with Crippen LogP contribution in [0.1, 0.15) is 10.6 Å². The molecule has 2 aromatic rings. The molecule has 1 saturated heterocycles. The van der Waals surface area contributed by atoms with Gasteiger partial charge in [-0.3, -0.25) is 0 Å². The molecule has 3 rings (SSSR count). The molecule has 1 N–H and O–H groups in total. The SMILES string of the molecule is O=C(NCc1c(F)cccc1Cl)N1CCN(c2nnc(C(F)(F)F)s2)CC1. The monoisotopic (exact) mass is 423 g/mol. The van der Waals surface area contributed by atoms with Crippen molar-refractivity contribution in [3.8, 4) is 0 Å². The fraction of sp³-hybridized carbons (Fsp3) is 0.400. The molecular weight excluding hydrogens is 410 g/mol. The lowest BCUT2D eigenvalue weighted by molar-refractivity contribution is -0.138. The van der Waals surface area contributed by atoms with Crippen LogP contribution < -0.4 is 10.2 Å². The molecule has 27 heavy (non-hydrogen) atoms. The second-order valence-electron chi connectivity index (χ2n) is 5.72. The van der Waals surface area contributed by atoms with E-state index in [2.05, 4.69) is 15.5 Å². The largest absolute Gasteiger partial charge is 0.445 e. The lowest BCUT2D eigenvalue weighted by Gasteiger charge is -2.34. The van der Waals surface area contributed by atoms with Gasteiger partial charge in [0.25, 0.3) is 0 Å². The van der Waals surface area contributed by atoms with E-state index in [-0.39, 0.29) is 35.4 Å². The minimum absolute atomic E-state index is 0.0596. The van der Waals surface area contributed by atoms with Crippen molar-refractivity contribution in [2.24, 2.45) is 0 Å². The summed E-state index contributed by atoms with van der Waals surface area (Å²) in [5.74, 6) is -0.510. The third-order valence-corrected chi connectivity index (χ3v) is 5.36. The normalized spacial score (nSPS) is 15.1. The van der Waals surface area contributed by atoms with E-state index < -0.39 is 23.0 Å². The number of hydrogen-bond donors (Lipinski definition) is 1. The minimum Gasteiger partial charge on any atom is -0.343 e. The summed E-state index contributed by atoms with van der Waals surface area (Å²) >= 11 is 6.39. The summed E-state index contributed by atoms with van der Waals surface area (Å²) in [5, 5.41) is 8.71. The third-order valence-electron chi connectivity index (χ3n) is 3.97. The molecule has 146 valence electrons. The minimum atomic E-state index is -4.52. The Kier molecular flexibility index (Phi) is 5.70. The van der Waals surface area contributed by atoms with E-state index in [1.165, 1.54) is 23.1 Å². The van der Waals surface area contributed by atoms with Crippen LogP contribution in [0.3, 0.4) is 0 Å². The molecule has 1 aliphatic heterocycles. The van der Waals surface area contributed by atoms with Gasteiger partial charge in [-0.25, -0.2) is 9.18 Å². The van der Waals surface area contributed by atoms with Gasteiger partial charge in [-0.15, -0.1) is 10.2 Å². The average molecular weight is 424 g/mol. The highest BCUT2D eigenvalue weighted by molar-refractivity contribution is 7.15. The Morgan fingerprint density at radius 3 is 2.52 bits per heavy atom. The van der Waals surface area contributed by atoms with Gasteiger partial charge in [-0.2, -0.15) is 13.2 Å². The van der Waals surface area contributed by atoms with Gasteiger partial charge < -0.3 is 15.1 Å². The number of nitrogens with zero attached hydrogens (tertiary/aromatic N) is 4. The molecule has 0 unspecified atom stereocenters. The number of carbonyl (C=O) groups excluding carboxylic acids is 1. The van der Waals surface area contributed by atoms with E-state index in [9.17, 15) is 22.4 Å². The fourth-order valence-corrected chi connectivity index (χ4v) is 3.53. The zero-order valence-corrected chi connectivity index (χ0v) is 15.3. The van der Waals surface area contributed by atoms with Crippen molar-refractivity contribution in [3.63, 3.8) is 0 Å². The number of hydrogen-bond acceptors (Lipinski definition) is 5. The van der Waals surface area contributed by atoms with Crippen LogP contribution >= 0.6 is 22.9 Å². The van der Waals surface area contributed by atoms with Gasteiger partial charge in [0.1, 0.15) is 5.82 Å². The van der Waals surface area contributed by atoms with Crippen molar-refractivity contribution in [2.75, 3.05) is 31.1 Å². The van der Waals surface area contributed by atoms with E-state index in [0.717, 1.165) is 0 Å². The Morgan fingerprint density at radius 2 is 1.93 bits per heavy atom. The molecule has 12 heteroatoms. The van der Waals surface area contributed by atoms with Gasteiger partial charge in [0.15, 0.2) is 0 Å². The summed E-state index contributed by atoms with van der Waals surface area (Å²) in [7, 11) is 0. The first-order valence-corrected chi connectivity index (χ1v) is 9.06. The van der Waals surface area contributed by atoms with E-state index in [1.807, 2.05) is 0 Å². The topological polar surface area (TPSA) is 61.4 Å². The number of alkyl halides is 3. The van der Waals surface area contributed by atoms with Crippen LogP contribution in [0.15, 0.2) is 18.2 Å². The van der Waals surface area contributed by atoms with Crippen molar-refractivity contribution in [2.45, 2.75) is 12.7 Å². The van der Waals surface area contributed by atoms with Gasteiger partial charge in [0.05, 0.1) is 0 Å². The van der Waals surface area contributed by atoms with Crippen molar-refractivity contribution in [1.82, 2.24) is 20.4 Å². The van der Waals surface area contributed by atoms with E-state index in [1.54, 1.807) is 4.90 Å². The first-order chi connectivity index (χ1) is 12.8. The smallest absolute Gasteiger partial charge is 0.343 e. The quantitative estimate of drug-likeness (QED) is 0.769. The van der Waals surface area contributed by atoms with E-state index in [0.29, 0.717) is 24.4 Å². The highest BCUT2D eigenvalue weighted by atomic mass is 35.5. The second-order valence-corrected chi connectivity index (χ2v) is 7.08. The standard InChI is InChI=1S/C15H14ClF4N5OS/c16-10-2-1-3-11(17)9(10)8-21-13(26)24-4-6-25(7-5-24)14-23-22-12(27-14)15(18,19)20/h1-3H,4-8H2,(H,21,26). The highest BCUT2D eigenvalue weighted by Crippen LogP contribution is 2.34. The third kappa shape index (κ3) is 4.59. The number of anilines is 1. The zero-order valence-electron chi connectivity index (χ0n) is 13.8. The van der Waals surface area contributed by atoms with Gasteiger partial charge in [0.2, 0.25) is 10.1 Å². The maximum Gasteiger partial charge on any atom is 0.445 e. The predicted molar refractivity (Wildman–Crippen MR) is 92.3 cm³/mol. The van der Waals surface area contributed by atoms with Crippen molar-refractivity contribution >= 4 is 34.1 Å². The molecule has 1 aliphatic rings. The van der Waals surface area contributed by atoms with Crippen molar-refractivity contribution in [1.29, 1.82) is 0 Å². The summed E-state index contributed by atoms with van der Waals surface area (Å²) in [4.78, 5) is 15.4. The van der Waals surface area contributed by atoms with Gasteiger partial charge in [-0.05, 0) is 12.1 Å². The first-order valence-electron chi connectivity index (χ1n) is 7.87. The Hall–Kier alpha value is -2.14. The lowest BCUT2D eigenvalue weighted by atomic mass is 10.2. The predicted octanol–water partition coefficient (Wildman–Crippen LogP) is 3.38. The number of nitrogens with one attached hydrogen (secondary N) is 1. The zero-order chi connectivity index (χ0) is 19.6. The average Bonchev–Trinajstić information content (AvgIpc) is 3.12. The van der Waals surface area contributed by atoms with Gasteiger partial charge in [0, 0.05) is 43.3 Å². The molecule has 0 spiro atoms. The maximum atomic E-state index is 13.7. The molecule has 1 aromatic heterocycles. The Balaban J connectivity index is 1.53. The fourth-order valence-electron chi connectivity index (χ4n) is 2.54. The molecular formula is C15H14ClF4N5OS. The number of rotatable bonds is 3. The number of halogens is 5. The molecule has 2 amide bonds. The van der Waals surface area contributed by atoms with Crippen LogP contribution in [0.2, 0.25) is 5.02 Å². The summed E-state index contributed by atoms with van der Waals surface area (Å²) in [6.07, 6.45) is -4.52. The summed E-state index contributed by atoms with van der Waals surface area (Å²) in [5.41, 5.74) is 0.194. The molecule has 0 saturated carbocycles. The molecule has 1 aromatic carbocycles. The van der Waals surface area contributed by atoms with Crippen LogP contribution in [0.5, 0.6) is 0 Å². The number of aromatic nitrogens is 2.